The van der Waals surface area contributed by atoms with E-state index in [-0.39, 0.29) is 23.9 Å². The molecular formula is C20H21N3O4. The number of hydrogen-bond acceptors (Lipinski definition) is 3. The standard InChI is InChI=1S/C20H21N3O4/c1-2-21-20(27)23-10-9-14-7-8-16(12-17(14)23)22-18(24)11-13-3-5-15(6-4-13)19(25)26/h3-8,12H,2,9-11H2,1H3,(H,21,27)(H,22,24)(H,25,26). The molecule has 0 unspecified atom stereocenters. The van der Waals surface area contributed by atoms with E-state index in [0.717, 1.165) is 23.2 Å². The van der Waals surface area contributed by atoms with Gasteiger partial charge in [0.2, 0.25) is 5.91 Å². The Balaban J connectivity index is 1.67. The number of anilines is 2. The van der Waals surface area contributed by atoms with Gasteiger partial charge in [-0.1, -0.05) is 18.2 Å². The molecule has 1 heterocycles. The van der Waals surface area contributed by atoms with E-state index in [9.17, 15) is 14.4 Å². The summed E-state index contributed by atoms with van der Waals surface area (Å²) in [4.78, 5) is 37.0. The minimum Gasteiger partial charge on any atom is -0.478 e. The van der Waals surface area contributed by atoms with Crippen molar-refractivity contribution in [2.45, 2.75) is 19.8 Å². The number of carboxylic acids is 1. The van der Waals surface area contributed by atoms with E-state index in [1.165, 1.54) is 12.1 Å². The molecule has 3 rings (SSSR count). The number of benzene rings is 2. The molecule has 1 aliphatic rings. The second kappa shape index (κ2) is 7.90. The number of carbonyl (C=O) groups excluding carboxylic acids is 2. The lowest BCUT2D eigenvalue weighted by molar-refractivity contribution is -0.115. The number of amides is 3. The smallest absolute Gasteiger partial charge is 0.335 e. The molecule has 0 aromatic heterocycles. The maximum absolute atomic E-state index is 12.3. The topological polar surface area (TPSA) is 98.7 Å². The molecule has 2 aromatic rings. The molecular weight excluding hydrogens is 346 g/mol. The first kappa shape index (κ1) is 18.4. The number of carboxylic acid groups (broad SMARTS) is 1. The first-order chi connectivity index (χ1) is 13.0. The van der Waals surface area contributed by atoms with Crippen molar-refractivity contribution in [2.75, 3.05) is 23.3 Å². The van der Waals surface area contributed by atoms with Gasteiger partial charge in [-0.3, -0.25) is 9.69 Å². The van der Waals surface area contributed by atoms with Crippen molar-refractivity contribution in [3.63, 3.8) is 0 Å². The number of nitrogens with one attached hydrogen (secondary N) is 2. The normalized spacial score (nSPS) is 12.4. The number of urea groups is 1. The van der Waals surface area contributed by atoms with Gasteiger partial charge >= 0.3 is 12.0 Å². The van der Waals surface area contributed by atoms with Gasteiger partial charge in [0.05, 0.1) is 17.7 Å². The SMILES string of the molecule is CCNC(=O)N1CCc2ccc(NC(=O)Cc3ccc(C(=O)O)cc3)cc21. The van der Waals surface area contributed by atoms with E-state index in [0.29, 0.717) is 18.8 Å². The van der Waals surface area contributed by atoms with Crippen molar-refractivity contribution < 1.29 is 19.5 Å². The second-order valence-electron chi connectivity index (χ2n) is 6.31. The predicted molar refractivity (Wildman–Crippen MR) is 102 cm³/mol. The number of carbonyl (C=O) groups is 3. The van der Waals surface area contributed by atoms with E-state index in [1.807, 2.05) is 25.1 Å². The average molecular weight is 367 g/mol. The highest BCUT2D eigenvalue weighted by Gasteiger charge is 2.24. The zero-order valence-electron chi connectivity index (χ0n) is 15.0. The third-order valence-corrected chi connectivity index (χ3v) is 4.40. The molecule has 0 atom stereocenters. The van der Waals surface area contributed by atoms with Gasteiger partial charge in [-0.25, -0.2) is 9.59 Å². The first-order valence-electron chi connectivity index (χ1n) is 8.78. The van der Waals surface area contributed by atoms with Crippen LogP contribution in [0.25, 0.3) is 0 Å². The summed E-state index contributed by atoms with van der Waals surface area (Å²) >= 11 is 0. The highest BCUT2D eigenvalue weighted by molar-refractivity contribution is 5.97. The quantitative estimate of drug-likeness (QED) is 0.757. The zero-order valence-corrected chi connectivity index (χ0v) is 15.0. The van der Waals surface area contributed by atoms with Crippen LogP contribution in [-0.4, -0.2) is 36.1 Å². The average Bonchev–Trinajstić information content (AvgIpc) is 3.05. The highest BCUT2D eigenvalue weighted by atomic mass is 16.4. The van der Waals surface area contributed by atoms with Gasteiger partial charge in [0.1, 0.15) is 0 Å². The molecule has 27 heavy (non-hydrogen) atoms. The summed E-state index contributed by atoms with van der Waals surface area (Å²) in [5.41, 5.74) is 3.41. The number of hydrogen-bond donors (Lipinski definition) is 3. The third kappa shape index (κ3) is 4.25. The molecule has 7 nitrogen and oxygen atoms in total. The van der Waals surface area contributed by atoms with Gasteiger partial charge in [-0.2, -0.15) is 0 Å². The summed E-state index contributed by atoms with van der Waals surface area (Å²) in [5, 5.41) is 14.5. The van der Waals surface area contributed by atoms with Crippen LogP contribution in [0, 0.1) is 0 Å². The molecule has 0 saturated carbocycles. The number of aromatic carboxylic acids is 1. The maximum Gasteiger partial charge on any atom is 0.335 e. The van der Waals surface area contributed by atoms with Crippen molar-refractivity contribution in [3.8, 4) is 0 Å². The van der Waals surface area contributed by atoms with E-state index < -0.39 is 5.97 Å². The minimum atomic E-state index is -0.999. The summed E-state index contributed by atoms with van der Waals surface area (Å²) in [6.07, 6.45) is 0.924. The molecule has 2 aromatic carbocycles. The zero-order chi connectivity index (χ0) is 19.4. The highest BCUT2D eigenvalue weighted by Crippen LogP contribution is 2.31. The fourth-order valence-electron chi connectivity index (χ4n) is 3.07. The van der Waals surface area contributed by atoms with Crippen LogP contribution in [0.15, 0.2) is 42.5 Å². The van der Waals surface area contributed by atoms with E-state index >= 15 is 0 Å². The van der Waals surface area contributed by atoms with E-state index in [2.05, 4.69) is 10.6 Å². The fraction of sp³-hybridized carbons (Fsp3) is 0.250. The van der Waals surface area contributed by atoms with Crippen LogP contribution in [-0.2, 0) is 17.6 Å². The largest absolute Gasteiger partial charge is 0.478 e. The maximum atomic E-state index is 12.3. The number of nitrogens with zero attached hydrogens (tertiary/aromatic N) is 1. The molecule has 3 amide bonds. The third-order valence-electron chi connectivity index (χ3n) is 4.40. The lowest BCUT2D eigenvalue weighted by Gasteiger charge is -2.18. The predicted octanol–water partition coefficient (Wildman–Crippen LogP) is 2.66. The second-order valence-corrected chi connectivity index (χ2v) is 6.31. The van der Waals surface area contributed by atoms with Gasteiger partial charge in [-0.15, -0.1) is 0 Å². The van der Waals surface area contributed by atoms with Crippen molar-refractivity contribution in [2.24, 2.45) is 0 Å². The Morgan fingerprint density at radius 3 is 2.52 bits per heavy atom. The van der Waals surface area contributed by atoms with E-state index in [1.54, 1.807) is 17.0 Å². The van der Waals surface area contributed by atoms with Gasteiger partial charge in [0.15, 0.2) is 0 Å². The van der Waals surface area contributed by atoms with Gasteiger partial charge < -0.3 is 15.7 Å². The van der Waals surface area contributed by atoms with Crippen LogP contribution in [0.5, 0.6) is 0 Å². The van der Waals surface area contributed by atoms with Crippen LogP contribution in [0.1, 0.15) is 28.4 Å². The number of fused-ring (bicyclic) bond motifs is 1. The van der Waals surface area contributed by atoms with Gasteiger partial charge in [-0.05, 0) is 48.7 Å². The molecule has 7 heteroatoms. The van der Waals surface area contributed by atoms with Crippen LogP contribution in [0.3, 0.4) is 0 Å². The van der Waals surface area contributed by atoms with Crippen molar-refractivity contribution in [3.05, 3.63) is 59.2 Å². The molecule has 0 aliphatic carbocycles. The molecule has 140 valence electrons. The van der Waals surface area contributed by atoms with Crippen LogP contribution >= 0.6 is 0 Å². The summed E-state index contributed by atoms with van der Waals surface area (Å²) in [7, 11) is 0. The van der Waals surface area contributed by atoms with Crippen LogP contribution < -0.4 is 15.5 Å². The molecule has 1 aliphatic heterocycles. The summed E-state index contributed by atoms with van der Waals surface area (Å²) < 4.78 is 0. The Labute approximate surface area is 157 Å². The Hall–Kier alpha value is -3.35. The molecule has 0 saturated heterocycles. The Bertz CT molecular complexity index is 877. The van der Waals surface area contributed by atoms with E-state index in [4.69, 9.17) is 5.11 Å². The molecule has 0 spiro atoms. The molecule has 0 fully saturated rings. The molecule has 3 N–H and O–H groups in total. The van der Waals surface area contributed by atoms with Crippen LogP contribution in [0.2, 0.25) is 0 Å². The monoisotopic (exact) mass is 367 g/mol. The first-order valence-corrected chi connectivity index (χ1v) is 8.78. The Morgan fingerprint density at radius 2 is 1.85 bits per heavy atom. The van der Waals surface area contributed by atoms with Crippen molar-refractivity contribution >= 4 is 29.3 Å². The summed E-state index contributed by atoms with van der Waals surface area (Å²) in [6.45, 7) is 3.05. The van der Waals surface area contributed by atoms with Crippen LogP contribution in [0.4, 0.5) is 16.2 Å². The van der Waals surface area contributed by atoms with Gasteiger partial charge in [0.25, 0.3) is 0 Å². The van der Waals surface area contributed by atoms with Crippen molar-refractivity contribution in [1.82, 2.24) is 5.32 Å². The molecule has 0 bridgehead atoms. The fourth-order valence-corrected chi connectivity index (χ4v) is 3.07. The molecule has 0 radical (unpaired) electrons. The summed E-state index contributed by atoms with van der Waals surface area (Å²) in [5.74, 6) is -1.21. The number of rotatable bonds is 5. The van der Waals surface area contributed by atoms with Gasteiger partial charge in [0, 0.05) is 18.8 Å². The minimum absolute atomic E-state index is 0.136. The Kier molecular flexibility index (Phi) is 5.40. The van der Waals surface area contributed by atoms with Crippen molar-refractivity contribution in [1.29, 1.82) is 0 Å². The Morgan fingerprint density at radius 1 is 1.11 bits per heavy atom. The lowest BCUT2D eigenvalue weighted by Crippen LogP contribution is -2.38. The summed E-state index contributed by atoms with van der Waals surface area (Å²) in [6, 6.07) is 11.6. The lowest BCUT2D eigenvalue weighted by atomic mass is 10.1.